The Labute approximate surface area is 63.7 Å². The molecule has 7 heavy (non-hydrogen) atoms. The molecule has 0 N–H and O–H groups in total. The van der Waals surface area contributed by atoms with Crippen LogP contribution in [-0.4, -0.2) is 8.98 Å². The monoisotopic (exact) mass is 248 g/mol. The van der Waals surface area contributed by atoms with E-state index in [2.05, 4.69) is 31.9 Å². The van der Waals surface area contributed by atoms with Gasteiger partial charge in [-0.25, -0.2) is 0 Å². The second kappa shape index (κ2) is 3.87. The Bertz CT molecular complexity index is 73.3. The molecule has 0 saturated heterocycles. The van der Waals surface area contributed by atoms with Crippen LogP contribution in [0.5, 0.6) is 0 Å². The van der Waals surface area contributed by atoms with E-state index in [1.807, 2.05) is 0 Å². The van der Waals surface area contributed by atoms with E-state index in [-0.39, 0.29) is 8.98 Å². The lowest BCUT2D eigenvalue weighted by atomic mass is 10.6. The fourth-order valence-electron chi connectivity index (χ4n) is 0.121. The van der Waals surface area contributed by atoms with Gasteiger partial charge in [0, 0.05) is 6.42 Å². The quantitative estimate of drug-likeness (QED) is 0.543. The van der Waals surface area contributed by atoms with E-state index in [0.29, 0.717) is 6.42 Å². The van der Waals surface area contributed by atoms with Gasteiger partial charge in [-0.05, 0) is 11.6 Å². The number of hydrogen-bond acceptors (Lipinski definition) is 1. The number of carbonyl (C=O) groups excluding carboxylic acids is 1. The standard InChI is InChI=1S/C3H3Br2ClO/c4-2(5)1-3(6)7/h2H,1H2. The van der Waals surface area contributed by atoms with Crippen LogP contribution in [0.4, 0.5) is 0 Å². The lowest BCUT2D eigenvalue weighted by Gasteiger charge is -1.89. The highest BCUT2D eigenvalue weighted by Crippen LogP contribution is 2.13. The van der Waals surface area contributed by atoms with Gasteiger partial charge >= 0.3 is 0 Å². The molecule has 0 fully saturated rings. The predicted molar refractivity (Wildman–Crippen MR) is 37.1 cm³/mol. The Morgan fingerprint density at radius 3 is 2.14 bits per heavy atom. The highest BCUT2D eigenvalue weighted by molar-refractivity contribution is 9.24. The zero-order valence-electron chi connectivity index (χ0n) is 3.33. The van der Waals surface area contributed by atoms with E-state index >= 15 is 0 Å². The zero-order chi connectivity index (χ0) is 5.86. The summed E-state index contributed by atoms with van der Waals surface area (Å²) in [6, 6.07) is 0. The second-order valence-electron chi connectivity index (χ2n) is 0.950. The zero-order valence-corrected chi connectivity index (χ0v) is 7.25. The number of carbonyl (C=O) groups is 1. The molecule has 0 unspecified atom stereocenters. The van der Waals surface area contributed by atoms with E-state index < -0.39 is 0 Å². The number of halogens is 3. The minimum Gasteiger partial charge on any atom is -0.281 e. The molecule has 0 heterocycles. The largest absolute Gasteiger partial charge is 0.281 e. The Morgan fingerprint density at radius 1 is 1.71 bits per heavy atom. The van der Waals surface area contributed by atoms with Crippen LogP contribution in [0.15, 0.2) is 0 Å². The van der Waals surface area contributed by atoms with E-state index in [1.165, 1.54) is 0 Å². The Morgan fingerprint density at radius 2 is 2.14 bits per heavy atom. The van der Waals surface area contributed by atoms with Gasteiger partial charge in [0.05, 0.1) is 3.74 Å². The first kappa shape index (κ1) is 7.92. The lowest BCUT2D eigenvalue weighted by Crippen LogP contribution is -1.91. The third-order valence-electron chi connectivity index (χ3n) is 0.315. The molecule has 42 valence electrons. The van der Waals surface area contributed by atoms with Crippen LogP contribution in [-0.2, 0) is 4.79 Å². The maximum atomic E-state index is 9.96. The summed E-state index contributed by atoms with van der Waals surface area (Å²) in [5.74, 6) is 0. The van der Waals surface area contributed by atoms with Gasteiger partial charge < -0.3 is 0 Å². The van der Waals surface area contributed by atoms with E-state index in [9.17, 15) is 4.79 Å². The molecular formula is C3H3Br2ClO. The molecule has 0 aromatic heterocycles. The third kappa shape index (κ3) is 6.92. The van der Waals surface area contributed by atoms with Crippen molar-refractivity contribution < 1.29 is 4.79 Å². The van der Waals surface area contributed by atoms with Crippen molar-refractivity contribution in [3.63, 3.8) is 0 Å². The van der Waals surface area contributed by atoms with E-state index in [4.69, 9.17) is 11.6 Å². The van der Waals surface area contributed by atoms with Crippen molar-refractivity contribution in [2.45, 2.75) is 10.2 Å². The molecule has 0 rings (SSSR count). The summed E-state index contributed by atoms with van der Waals surface area (Å²) in [6.45, 7) is 0. The molecule has 0 spiro atoms. The van der Waals surface area contributed by atoms with Crippen LogP contribution >= 0.6 is 43.5 Å². The molecular weight excluding hydrogens is 247 g/mol. The Hall–Kier alpha value is 0.920. The maximum Gasteiger partial charge on any atom is 0.223 e. The summed E-state index contributed by atoms with van der Waals surface area (Å²) in [5, 5.41) is -0.334. The molecule has 4 heteroatoms. The molecule has 0 aliphatic rings. The summed E-state index contributed by atoms with van der Waals surface area (Å²) in [5.41, 5.74) is 0. The smallest absolute Gasteiger partial charge is 0.223 e. The van der Waals surface area contributed by atoms with Crippen molar-refractivity contribution in [3.05, 3.63) is 0 Å². The molecule has 0 aliphatic heterocycles. The summed E-state index contributed by atoms with van der Waals surface area (Å²) in [7, 11) is 0. The first-order chi connectivity index (χ1) is 3.13. The van der Waals surface area contributed by atoms with Crippen LogP contribution in [0.25, 0.3) is 0 Å². The maximum absolute atomic E-state index is 9.96. The van der Waals surface area contributed by atoms with E-state index in [0.717, 1.165) is 0 Å². The van der Waals surface area contributed by atoms with Gasteiger partial charge in [-0.15, -0.1) is 0 Å². The molecule has 0 atom stereocenters. The van der Waals surface area contributed by atoms with Gasteiger partial charge in [-0.2, -0.15) is 0 Å². The van der Waals surface area contributed by atoms with Crippen molar-refractivity contribution in [2.24, 2.45) is 0 Å². The van der Waals surface area contributed by atoms with Gasteiger partial charge in [0.1, 0.15) is 0 Å². The van der Waals surface area contributed by atoms with Crippen molar-refractivity contribution in [1.82, 2.24) is 0 Å². The molecule has 0 aromatic rings. The average molecular weight is 250 g/mol. The van der Waals surface area contributed by atoms with Crippen LogP contribution in [0.3, 0.4) is 0 Å². The molecule has 0 saturated carbocycles. The van der Waals surface area contributed by atoms with Crippen LogP contribution in [0, 0.1) is 0 Å². The number of alkyl halides is 2. The van der Waals surface area contributed by atoms with Gasteiger partial charge in [0.15, 0.2) is 0 Å². The third-order valence-corrected chi connectivity index (χ3v) is 1.12. The SMILES string of the molecule is O=C(Cl)CC(Br)Br. The lowest BCUT2D eigenvalue weighted by molar-refractivity contribution is -0.111. The predicted octanol–water partition coefficient (Wildman–Crippen LogP) is 2.26. The highest BCUT2D eigenvalue weighted by Gasteiger charge is 2.01. The minimum absolute atomic E-state index is 0.0185. The molecule has 0 radical (unpaired) electrons. The first-order valence-corrected chi connectivity index (χ1v) is 3.80. The van der Waals surface area contributed by atoms with E-state index in [1.54, 1.807) is 0 Å². The molecule has 0 bridgehead atoms. The average Bonchev–Trinajstić information content (AvgIpc) is 1.27. The van der Waals surface area contributed by atoms with Crippen molar-refractivity contribution in [2.75, 3.05) is 0 Å². The molecule has 0 aliphatic carbocycles. The van der Waals surface area contributed by atoms with Crippen LogP contribution < -0.4 is 0 Å². The highest BCUT2D eigenvalue weighted by atomic mass is 79.9. The normalized spacial score (nSPS) is 9.71. The fraction of sp³-hybridized carbons (Fsp3) is 0.667. The molecule has 1 nitrogen and oxygen atoms in total. The second-order valence-corrected chi connectivity index (χ2v) is 4.81. The van der Waals surface area contributed by atoms with Gasteiger partial charge in [0.25, 0.3) is 0 Å². The van der Waals surface area contributed by atoms with Crippen LogP contribution in [0.2, 0.25) is 0 Å². The summed E-state index contributed by atoms with van der Waals surface area (Å²) >= 11 is 11.1. The van der Waals surface area contributed by atoms with Gasteiger partial charge in [0.2, 0.25) is 5.24 Å². The van der Waals surface area contributed by atoms with Gasteiger partial charge in [-0.1, -0.05) is 31.9 Å². The topological polar surface area (TPSA) is 17.1 Å². The van der Waals surface area contributed by atoms with Crippen molar-refractivity contribution in [1.29, 1.82) is 0 Å². The minimum atomic E-state index is -0.334. The number of rotatable bonds is 2. The summed E-state index contributed by atoms with van der Waals surface area (Å²) < 4.78 is 0.0185. The Kier molecular flexibility index (Phi) is 4.37. The molecule has 0 aromatic carbocycles. The summed E-state index contributed by atoms with van der Waals surface area (Å²) in [4.78, 5) is 9.96. The fourth-order valence-corrected chi connectivity index (χ4v) is 1.24. The van der Waals surface area contributed by atoms with Gasteiger partial charge in [-0.3, -0.25) is 4.79 Å². The van der Waals surface area contributed by atoms with Crippen molar-refractivity contribution >= 4 is 48.7 Å². The van der Waals surface area contributed by atoms with Crippen molar-refractivity contribution in [3.8, 4) is 0 Å². The Balaban J connectivity index is 3.13. The van der Waals surface area contributed by atoms with Crippen LogP contribution in [0.1, 0.15) is 6.42 Å². The first-order valence-electron chi connectivity index (χ1n) is 1.59. The molecule has 0 amide bonds. The number of hydrogen-bond donors (Lipinski definition) is 0. The summed E-state index contributed by atoms with van der Waals surface area (Å²) in [6.07, 6.45) is 0.321.